The van der Waals surface area contributed by atoms with Crippen molar-refractivity contribution in [2.75, 3.05) is 0 Å². The van der Waals surface area contributed by atoms with Gasteiger partial charge in [0.05, 0.1) is 0 Å². The minimum absolute atomic E-state index is 0.0925. The van der Waals surface area contributed by atoms with Gasteiger partial charge in [0.2, 0.25) is 0 Å². The van der Waals surface area contributed by atoms with E-state index in [1.165, 1.54) is 18.2 Å². The molecule has 0 aliphatic carbocycles. The third kappa shape index (κ3) is 2.76. The van der Waals surface area contributed by atoms with Gasteiger partial charge in [0.1, 0.15) is 17.3 Å². The molecule has 5 heteroatoms. The Morgan fingerprint density at radius 1 is 1.10 bits per heavy atom. The van der Waals surface area contributed by atoms with E-state index in [-0.39, 0.29) is 24.1 Å². The summed E-state index contributed by atoms with van der Waals surface area (Å²) >= 11 is 0. The number of hydrogen-bond donors (Lipinski definition) is 2. The highest BCUT2D eigenvalue weighted by Gasteiger charge is 2.10. The van der Waals surface area contributed by atoms with Crippen LogP contribution in [-0.4, -0.2) is 10.9 Å². The molecule has 2 N–H and O–H groups in total. The molecule has 0 saturated carbocycles. The predicted molar refractivity (Wildman–Crippen MR) is 75.8 cm³/mol. The average Bonchev–Trinajstić information content (AvgIpc) is 2.89. The van der Waals surface area contributed by atoms with Crippen molar-refractivity contribution in [1.82, 2.24) is 10.3 Å². The maximum absolute atomic E-state index is 13.5. The Labute approximate surface area is 119 Å². The van der Waals surface area contributed by atoms with Crippen LogP contribution in [-0.2, 0) is 6.54 Å². The Hall–Kier alpha value is -2.69. The Kier molecular flexibility index (Phi) is 3.39. The topological polar surface area (TPSA) is 44.9 Å². The van der Waals surface area contributed by atoms with E-state index in [1.54, 1.807) is 30.3 Å². The molecular formula is C16H12F2N2O. The number of amides is 1. The van der Waals surface area contributed by atoms with Crippen LogP contribution in [0.5, 0.6) is 0 Å². The summed E-state index contributed by atoms with van der Waals surface area (Å²) in [6, 6.07) is 12.0. The first-order chi connectivity index (χ1) is 10.1. The number of nitrogens with one attached hydrogen (secondary N) is 2. The van der Waals surface area contributed by atoms with E-state index in [0.29, 0.717) is 22.2 Å². The van der Waals surface area contributed by atoms with Crippen molar-refractivity contribution in [2.45, 2.75) is 6.54 Å². The van der Waals surface area contributed by atoms with Gasteiger partial charge in [-0.15, -0.1) is 0 Å². The Morgan fingerprint density at radius 2 is 1.90 bits per heavy atom. The van der Waals surface area contributed by atoms with Gasteiger partial charge in [-0.1, -0.05) is 18.2 Å². The lowest BCUT2D eigenvalue weighted by Crippen LogP contribution is -2.23. The molecule has 21 heavy (non-hydrogen) atoms. The van der Waals surface area contributed by atoms with Gasteiger partial charge in [0.15, 0.2) is 0 Å². The van der Waals surface area contributed by atoms with Gasteiger partial charge in [-0.05, 0) is 30.3 Å². The summed E-state index contributed by atoms with van der Waals surface area (Å²) in [5, 5.41) is 3.24. The van der Waals surface area contributed by atoms with Gasteiger partial charge in [0.25, 0.3) is 5.91 Å². The standard InChI is InChI=1S/C16H12F2N2O/c17-12-5-6-14-11(7-12)8-15(20-14)16(21)19-9-10-3-1-2-4-13(10)18/h1-8,20H,9H2,(H,19,21). The van der Waals surface area contributed by atoms with Crippen molar-refractivity contribution in [1.29, 1.82) is 0 Å². The number of aromatic amines is 1. The van der Waals surface area contributed by atoms with Crippen molar-refractivity contribution in [2.24, 2.45) is 0 Å². The van der Waals surface area contributed by atoms with Gasteiger partial charge in [-0.25, -0.2) is 8.78 Å². The number of carbonyl (C=O) groups excluding carboxylic acids is 1. The molecule has 1 aromatic heterocycles. The van der Waals surface area contributed by atoms with E-state index in [1.807, 2.05) is 0 Å². The number of hydrogen-bond acceptors (Lipinski definition) is 1. The molecule has 106 valence electrons. The Bertz CT molecular complexity index is 811. The lowest BCUT2D eigenvalue weighted by atomic mass is 10.2. The second kappa shape index (κ2) is 5.36. The van der Waals surface area contributed by atoms with Gasteiger partial charge in [-0.3, -0.25) is 4.79 Å². The minimum Gasteiger partial charge on any atom is -0.351 e. The lowest BCUT2D eigenvalue weighted by Gasteiger charge is -2.04. The summed E-state index contributed by atoms with van der Waals surface area (Å²) < 4.78 is 26.6. The zero-order valence-electron chi connectivity index (χ0n) is 11.0. The van der Waals surface area contributed by atoms with E-state index in [9.17, 15) is 13.6 Å². The van der Waals surface area contributed by atoms with Gasteiger partial charge in [0, 0.05) is 23.0 Å². The molecule has 0 atom stereocenters. The molecule has 0 unspecified atom stereocenters. The largest absolute Gasteiger partial charge is 0.351 e. The monoisotopic (exact) mass is 286 g/mol. The number of H-pyrrole nitrogens is 1. The van der Waals surface area contributed by atoms with E-state index < -0.39 is 0 Å². The van der Waals surface area contributed by atoms with E-state index in [2.05, 4.69) is 10.3 Å². The summed E-state index contributed by atoms with van der Waals surface area (Å²) in [5.41, 5.74) is 1.40. The summed E-state index contributed by atoms with van der Waals surface area (Å²) in [5.74, 6) is -1.09. The smallest absolute Gasteiger partial charge is 0.267 e. The highest BCUT2D eigenvalue weighted by atomic mass is 19.1. The quantitative estimate of drug-likeness (QED) is 0.761. The van der Waals surface area contributed by atoms with E-state index in [4.69, 9.17) is 0 Å². The fourth-order valence-corrected chi connectivity index (χ4v) is 2.14. The first-order valence-corrected chi connectivity index (χ1v) is 6.43. The zero-order chi connectivity index (χ0) is 14.8. The normalized spacial score (nSPS) is 10.8. The molecule has 3 nitrogen and oxygen atoms in total. The third-order valence-electron chi connectivity index (χ3n) is 3.22. The number of fused-ring (bicyclic) bond motifs is 1. The number of aromatic nitrogens is 1. The average molecular weight is 286 g/mol. The maximum Gasteiger partial charge on any atom is 0.267 e. The minimum atomic E-state index is -0.366. The summed E-state index contributed by atoms with van der Waals surface area (Å²) in [4.78, 5) is 14.9. The van der Waals surface area contributed by atoms with Crippen LogP contribution >= 0.6 is 0 Å². The fraction of sp³-hybridized carbons (Fsp3) is 0.0625. The van der Waals surface area contributed by atoms with Crippen LogP contribution in [0.3, 0.4) is 0 Å². The van der Waals surface area contributed by atoms with Crippen molar-refractivity contribution < 1.29 is 13.6 Å². The van der Waals surface area contributed by atoms with Crippen molar-refractivity contribution in [3.05, 3.63) is 71.4 Å². The molecular weight excluding hydrogens is 274 g/mol. The first kappa shape index (κ1) is 13.3. The van der Waals surface area contributed by atoms with Gasteiger partial charge >= 0.3 is 0 Å². The summed E-state index contributed by atoms with van der Waals surface area (Å²) in [6.45, 7) is 0.0925. The van der Waals surface area contributed by atoms with E-state index >= 15 is 0 Å². The molecule has 0 spiro atoms. The highest BCUT2D eigenvalue weighted by Crippen LogP contribution is 2.16. The second-order valence-electron chi connectivity index (χ2n) is 4.69. The molecule has 0 saturated heterocycles. The molecule has 1 heterocycles. The molecule has 0 aliphatic rings. The van der Waals surface area contributed by atoms with Crippen LogP contribution in [0.1, 0.15) is 16.1 Å². The number of benzene rings is 2. The summed E-state index contributed by atoms with van der Waals surface area (Å²) in [6.07, 6.45) is 0. The number of halogens is 2. The van der Waals surface area contributed by atoms with Crippen LogP contribution in [0.25, 0.3) is 10.9 Å². The SMILES string of the molecule is O=C(NCc1ccccc1F)c1cc2cc(F)ccc2[nH]1. The molecule has 0 bridgehead atoms. The number of carbonyl (C=O) groups is 1. The molecule has 0 aliphatic heterocycles. The van der Waals surface area contributed by atoms with Gasteiger partial charge < -0.3 is 10.3 Å². The second-order valence-corrected chi connectivity index (χ2v) is 4.69. The van der Waals surface area contributed by atoms with Crippen LogP contribution in [0.4, 0.5) is 8.78 Å². The van der Waals surface area contributed by atoms with Gasteiger partial charge in [-0.2, -0.15) is 0 Å². The molecule has 3 aromatic rings. The first-order valence-electron chi connectivity index (χ1n) is 6.43. The number of rotatable bonds is 3. The van der Waals surface area contributed by atoms with Crippen LogP contribution in [0.2, 0.25) is 0 Å². The fourth-order valence-electron chi connectivity index (χ4n) is 2.14. The van der Waals surface area contributed by atoms with Crippen LogP contribution < -0.4 is 5.32 Å². The van der Waals surface area contributed by atoms with Crippen molar-refractivity contribution >= 4 is 16.8 Å². The molecule has 0 fully saturated rings. The Balaban J connectivity index is 1.76. The molecule has 2 aromatic carbocycles. The maximum atomic E-state index is 13.5. The molecule has 1 amide bonds. The van der Waals surface area contributed by atoms with Crippen LogP contribution in [0.15, 0.2) is 48.5 Å². The molecule has 3 rings (SSSR count). The van der Waals surface area contributed by atoms with E-state index in [0.717, 1.165) is 0 Å². The van der Waals surface area contributed by atoms with Crippen molar-refractivity contribution in [3.63, 3.8) is 0 Å². The lowest BCUT2D eigenvalue weighted by molar-refractivity contribution is 0.0946. The zero-order valence-corrected chi connectivity index (χ0v) is 11.0. The van der Waals surface area contributed by atoms with Crippen LogP contribution in [0, 0.1) is 11.6 Å². The highest BCUT2D eigenvalue weighted by molar-refractivity contribution is 5.97. The molecule has 0 radical (unpaired) electrons. The third-order valence-corrected chi connectivity index (χ3v) is 3.22. The summed E-state index contributed by atoms with van der Waals surface area (Å²) in [7, 11) is 0. The Morgan fingerprint density at radius 3 is 2.71 bits per heavy atom. The van der Waals surface area contributed by atoms with Crippen molar-refractivity contribution in [3.8, 4) is 0 Å². The predicted octanol–water partition coefficient (Wildman–Crippen LogP) is 3.38.